The van der Waals surface area contributed by atoms with Gasteiger partial charge in [-0.15, -0.1) is 0 Å². The molecular weight excluding hydrogens is 198 g/mol. The predicted molar refractivity (Wildman–Crippen MR) is 64.3 cm³/mol. The number of aromatic nitrogens is 1. The largest absolute Gasteiger partial charge is 0.294 e. The lowest BCUT2D eigenvalue weighted by Crippen LogP contribution is -1.95. The third-order valence-corrected chi connectivity index (χ3v) is 2.52. The number of benzene rings is 1. The number of hydrogen-bond acceptors (Lipinski definition) is 2. The van der Waals surface area contributed by atoms with Crippen molar-refractivity contribution in [2.75, 3.05) is 0 Å². The van der Waals surface area contributed by atoms with E-state index in [-0.39, 0.29) is 5.78 Å². The lowest BCUT2D eigenvalue weighted by molar-refractivity contribution is 0.0988. The summed E-state index contributed by atoms with van der Waals surface area (Å²) in [5.41, 5.74) is 2.92. The Bertz CT molecular complexity index is 474. The van der Waals surface area contributed by atoms with Gasteiger partial charge in [-0.25, -0.2) is 0 Å². The molecule has 80 valence electrons. The monoisotopic (exact) mass is 211 g/mol. The lowest BCUT2D eigenvalue weighted by Gasteiger charge is -2.02. The van der Waals surface area contributed by atoms with Crippen molar-refractivity contribution in [1.82, 2.24) is 4.98 Å². The highest BCUT2D eigenvalue weighted by Gasteiger charge is 2.03. The Hall–Kier alpha value is -1.96. The van der Waals surface area contributed by atoms with Crippen LogP contribution in [0.25, 0.3) is 11.1 Å². The maximum absolute atomic E-state index is 11.4. The van der Waals surface area contributed by atoms with Gasteiger partial charge in [0.25, 0.3) is 0 Å². The van der Waals surface area contributed by atoms with Crippen LogP contribution in [0.3, 0.4) is 0 Å². The minimum absolute atomic E-state index is 0.178. The van der Waals surface area contributed by atoms with Crippen LogP contribution in [0.5, 0.6) is 0 Å². The molecule has 0 spiro atoms. The fourth-order valence-corrected chi connectivity index (χ4v) is 1.59. The van der Waals surface area contributed by atoms with Crippen molar-refractivity contribution >= 4 is 5.78 Å². The Morgan fingerprint density at radius 3 is 2.44 bits per heavy atom. The summed E-state index contributed by atoms with van der Waals surface area (Å²) in [5.74, 6) is 0.178. The van der Waals surface area contributed by atoms with Gasteiger partial charge >= 0.3 is 0 Å². The summed E-state index contributed by atoms with van der Waals surface area (Å²) in [6.07, 6.45) is 4.11. The Morgan fingerprint density at radius 2 is 1.88 bits per heavy atom. The highest BCUT2D eigenvalue weighted by atomic mass is 16.1. The van der Waals surface area contributed by atoms with E-state index in [4.69, 9.17) is 0 Å². The standard InChI is InChI=1S/C14H13NO/c1-2-14(16)12-7-5-11(6-8-12)13-4-3-9-15-10-13/h3-10H,2H2,1H3. The van der Waals surface area contributed by atoms with E-state index in [0.717, 1.165) is 16.7 Å². The van der Waals surface area contributed by atoms with Gasteiger partial charge in [0, 0.05) is 24.4 Å². The summed E-state index contributed by atoms with van der Waals surface area (Å²) < 4.78 is 0. The minimum Gasteiger partial charge on any atom is -0.294 e. The van der Waals surface area contributed by atoms with Crippen molar-refractivity contribution in [3.63, 3.8) is 0 Å². The van der Waals surface area contributed by atoms with Gasteiger partial charge in [0.15, 0.2) is 5.78 Å². The van der Waals surface area contributed by atoms with Crippen LogP contribution in [0.15, 0.2) is 48.8 Å². The highest BCUT2D eigenvalue weighted by molar-refractivity contribution is 5.96. The Balaban J connectivity index is 2.30. The fraction of sp³-hybridized carbons (Fsp3) is 0.143. The van der Waals surface area contributed by atoms with Crippen LogP contribution in [0, 0.1) is 0 Å². The Kier molecular flexibility index (Phi) is 3.10. The number of Topliss-reactive ketones (excluding diaryl/α,β-unsaturated/α-hetero) is 1. The summed E-state index contributed by atoms with van der Waals surface area (Å²) in [5, 5.41) is 0. The number of rotatable bonds is 3. The van der Waals surface area contributed by atoms with Crippen molar-refractivity contribution < 1.29 is 4.79 Å². The molecule has 2 rings (SSSR count). The molecule has 0 unspecified atom stereocenters. The van der Waals surface area contributed by atoms with E-state index in [9.17, 15) is 4.79 Å². The van der Waals surface area contributed by atoms with Crippen molar-refractivity contribution in [1.29, 1.82) is 0 Å². The Morgan fingerprint density at radius 1 is 1.12 bits per heavy atom. The summed E-state index contributed by atoms with van der Waals surface area (Å²) >= 11 is 0. The molecule has 0 amide bonds. The fourth-order valence-electron chi connectivity index (χ4n) is 1.59. The number of carbonyl (C=O) groups excluding carboxylic acids is 1. The van der Waals surface area contributed by atoms with E-state index >= 15 is 0 Å². The van der Waals surface area contributed by atoms with E-state index in [2.05, 4.69) is 4.98 Å². The molecule has 2 nitrogen and oxygen atoms in total. The number of carbonyl (C=O) groups is 1. The summed E-state index contributed by atoms with van der Waals surface area (Å²) in [6.45, 7) is 1.87. The second-order valence-electron chi connectivity index (χ2n) is 3.60. The molecule has 0 aliphatic carbocycles. The molecule has 0 atom stereocenters. The third-order valence-electron chi connectivity index (χ3n) is 2.52. The first-order valence-electron chi connectivity index (χ1n) is 5.35. The van der Waals surface area contributed by atoms with Gasteiger partial charge in [0.05, 0.1) is 0 Å². The van der Waals surface area contributed by atoms with Crippen LogP contribution in [0.2, 0.25) is 0 Å². The molecule has 0 bridgehead atoms. The molecular formula is C14H13NO. The molecule has 0 saturated carbocycles. The van der Waals surface area contributed by atoms with Crippen LogP contribution in [-0.4, -0.2) is 10.8 Å². The second-order valence-corrected chi connectivity index (χ2v) is 3.60. The molecule has 2 heteroatoms. The topological polar surface area (TPSA) is 30.0 Å². The normalized spacial score (nSPS) is 10.1. The first-order chi connectivity index (χ1) is 7.81. The first-order valence-corrected chi connectivity index (χ1v) is 5.35. The zero-order chi connectivity index (χ0) is 11.4. The first kappa shape index (κ1) is 10.6. The van der Waals surface area contributed by atoms with E-state index in [1.807, 2.05) is 49.5 Å². The van der Waals surface area contributed by atoms with Gasteiger partial charge in [0.2, 0.25) is 0 Å². The minimum atomic E-state index is 0.178. The van der Waals surface area contributed by atoms with Gasteiger partial charge in [-0.1, -0.05) is 37.3 Å². The van der Waals surface area contributed by atoms with Gasteiger partial charge in [-0.3, -0.25) is 9.78 Å². The average Bonchev–Trinajstić information content (AvgIpc) is 2.39. The van der Waals surface area contributed by atoms with Crippen molar-refractivity contribution in [2.45, 2.75) is 13.3 Å². The van der Waals surface area contributed by atoms with Crippen LogP contribution in [0.4, 0.5) is 0 Å². The molecule has 0 saturated heterocycles. The number of nitrogens with zero attached hydrogens (tertiary/aromatic N) is 1. The zero-order valence-electron chi connectivity index (χ0n) is 9.18. The maximum Gasteiger partial charge on any atom is 0.162 e. The van der Waals surface area contributed by atoms with Gasteiger partial charge in [-0.05, 0) is 17.2 Å². The second kappa shape index (κ2) is 4.71. The molecule has 1 aromatic heterocycles. The molecule has 1 aromatic carbocycles. The summed E-state index contributed by atoms with van der Waals surface area (Å²) in [6, 6.07) is 11.6. The molecule has 0 fully saturated rings. The van der Waals surface area contributed by atoms with Crippen LogP contribution in [-0.2, 0) is 0 Å². The summed E-state index contributed by atoms with van der Waals surface area (Å²) in [4.78, 5) is 15.5. The van der Waals surface area contributed by atoms with Crippen molar-refractivity contribution in [3.05, 3.63) is 54.4 Å². The molecule has 2 aromatic rings. The zero-order valence-corrected chi connectivity index (χ0v) is 9.18. The summed E-state index contributed by atoms with van der Waals surface area (Å²) in [7, 11) is 0. The van der Waals surface area contributed by atoms with Crippen molar-refractivity contribution in [2.24, 2.45) is 0 Å². The van der Waals surface area contributed by atoms with Crippen LogP contribution in [0.1, 0.15) is 23.7 Å². The maximum atomic E-state index is 11.4. The molecule has 0 N–H and O–H groups in total. The number of ketones is 1. The predicted octanol–water partition coefficient (Wildman–Crippen LogP) is 3.34. The van der Waals surface area contributed by atoms with Gasteiger partial charge in [0.1, 0.15) is 0 Å². The van der Waals surface area contributed by atoms with Crippen LogP contribution >= 0.6 is 0 Å². The van der Waals surface area contributed by atoms with E-state index in [1.165, 1.54) is 0 Å². The third kappa shape index (κ3) is 2.16. The molecule has 16 heavy (non-hydrogen) atoms. The van der Waals surface area contributed by atoms with Gasteiger partial charge in [-0.2, -0.15) is 0 Å². The smallest absolute Gasteiger partial charge is 0.162 e. The van der Waals surface area contributed by atoms with Crippen LogP contribution < -0.4 is 0 Å². The Labute approximate surface area is 95.0 Å². The number of pyridine rings is 1. The average molecular weight is 211 g/mol. The van der Waals surface area contributed by atoms with E-state index < -0.39 is 0 Å². The van der Waals surface area contributed by atoms with Crippen molar-refractivity contribution in [3.8, 4) is 11.1 Å². The number of hydrogen-bond donors (Lipinski definition) is 0. The lowest BCUT2D eigenvalue weighted by atomic mass is 10.0. The molecule has 0 aliphatic rings. The highest BCUT2D eigenvalue weighted by Crippen LogP contribution is 2.18. The van der Waals surface area contributed by atoms with Gasteiger partial charge < -0.3 is 0 Å². The molecule has 0 aliphatic heterocycles. The molecule has 0 radical (unpaired) electrons. The van der Waals surface area contributed by atoms with E-state index in [0.29, 0.717) is 6.42 Å². The molecule has 1 heterocycles. The SMILES string of the molecule is CCC(=O)c1ccc(-c2cccnc2)cc1. The van der Waals surface area contributed by atoms with E-state index in [1.54, 1.807) is 6.20 Å². The quantitative estimate of drug-likeness (QED) is 0.729.